The fourth-order valence-electron chi connectivity index (χ4n) is 0.832. The molecule has 1 nitrogen and oxygen atoms in total. The highest BCUT2D eigenvalue weighted by Crippen LogP contribution is 2.12. The molecule has 0 bridgehead atoms. The van der Waals surface area contributed by atoms with E-state index >= 15 is 0 Å². The summed E-state index contributed by atoms with van der Waals surface area (Å²) in [6, 6.07) is 0. The second-order valence-electron chi connectivity index (χ2n) is 2.28. The highest BCUT2D eigenvalue weighted by Gasteiger charge is 2.11. The van der Waals surface area contributed by atoms with Crippen LogP contribution in [0.1, 0.15) is 19.8 Å². The third-order valence-electron chi connectivity index (χ3n) is 1.52. The van der Waals surface area contributed by atoms with Gasteiger partial charge in [0.25, 0.3) is 0 Å². The number of rotatable bonds is 0. The molecule has 1 aliphatic rings. The molecule has 0 aromatic rings. The first-order valence-electron chi connectivity index (χ1n) is 2.98. The zero-order valence-electron chi connectivity index (χ0n) is 5.05. The lowest BCUT2D eigenvalue weighted by atomic mass is 9.95. The smallest absolute Gasteiger partial charge is 0.139 e. The predicted molar refractivity (Wildman–Crippen MR) is 32.5 cm³/mol. The van der Waals surface area contributed by atoms with Crippen molar-refractivity contribution >= 4 is 5.78 Å². The van der Waals surface area contributed by atoms with E-state index in [1.165, 1.54) is 0 Å². The predicted octanol–water partition coefficient (Wildman–Crippen LogP) is 1.54. The lowest BCUT2D eigenvalue weighted by Gasteiger charge is -2.08. The van der Waals surface area contributed by atoms with Gasteiger partial charge in [-0.2, -0.15) is 0 Å². The molecule has 0 saturated carbocycles. The summed E-state index contributed by atoms with van der Waals surface area (Å²) >= 11 is 0. The molecule has 0 amide bonds. The van der Waals surface area contributed by atoms with E-state index in [0.717, 1.165) is 6.42 Å². The molecular weight excluding hydrogens is 100 g/mol. The summed E-state index contributed by atoms with van der Waals surface area (Å²) in [6.07, 6.45) is 5.62. The largest absolute Gasteiger partial charge is 0.299 e. The van der Waals surface area contributed by atoms with Crippen molar-refractivity contribution in [3.05, 3.63) is 12.2 Å². The SMILES string of the molecule is CC1CC=CCC1=O. The van der Waals surface area contributed by atoms with Crippen molar-refractivity contribution in [1.29, 1.82) is 0 Å². The maximum absolute atomic E-state index is 10.7. The Morgan fingerprint density at radius 2 is 2.38 bits per heavy atom. The van der Waals surface area contributed by atoms with E-state index in [4.69, 9.17) is 0 Å². The van der Waals surface area contributed by atoms with Crippen LogP contribution < -0.4 is 0 Å². The molecule has 0 fully saturated rings. The topological polar surface area (TPSA) is 17.1 Å². The Hall–Kier alpha value is -0.590. The molecule has 0 aromatic carbocycles. The lowest BCUT2D eigenvalue weighted by molar-refractivity contribution is -0.121. The fraction of sp³-hybridized carbons (Fsp3) is 0.571. The van der Waals surface area contributed by atoms with Crippen molar-refractivity contribution in [3.63, 3.8) is 0 Å². The summed E-state index contributed by atoms with van der Waals surface area (Å²) in [4.78, 5) is 10.7. The number of carbonyl (C=O) groups excluding carboxylic acids is 1. The van der Waals surface area contributed by atoms with E-state index in [9.17, 15) is 4.79 Å². The van der Waals surface area contributed by atoms with Crippen LogP contribution in [0.5, 0.6) is 0 Å². The van der Waals surface area contributed by atoms with E-state index in [1.807, 2.05) is 13.0 Å². The van der Waals surface area contributed by atoms with Gasteiger partial charge in [-0.3, -0.25) is 4.79 Å². The number of ketones is 1. The molecule has 1 atom stereocenters. The first-order valence-corrected chi connectivity index (χ1v) is 2.98. The molecule has 0 heterocycles. The molecule has 0 saturated heterocycles. The maximum Gasteiger partial charge on any atom is 0.139 e. The van der Waals surface area contributed by atoms with E-state index in [2.05, 4.69) is 6.08 Å². The van der Waals surface area contributed by atoms with Crippen LogP contribution in [0.4, 0.5) is 0 Å². The van der Waals surface area contributed by atoms with Gasteiger partial charge in [-0.05, 0) is 6.42 Å². The zero-order chi connectivity index (χ0) is 5.98. The quantitative estimate of drug-likeness (QED) is 0.432. The highest BCUT2D eigenvalue weighted by atomic mass is 16.1. The molecule has 44 valence electrons. The van der Waals surface area contributed by atoms with Gasteiger partial charge in [0.05, 0.1) is 0 Å². The van der Waals surface area contributed by atoms with Gasteiger partial charge in [0.2, 0.25) is 0 Å². The van der Waals surface area contributed by atoms with E-state index < -0.39 is 0 Å². The van der Waals surface area contributed by atoms with Gasteiger partial charge in [0.1, 0.15) is 5.78 Å². The Kier molecular flexibility index (Phi) is 1.47. The van der Waals surface area contributed by atoms with Crippen molar-refractivity contribution in [2.45, 2.75) is 19.8 Å². The normalized spacial score (nSPS) is 28.6. The Morgan fingerprint density at radius 3 is 2.75 bits per heavy atom. The van der Waals surface area contributed by atoms with Crippen molar-refractivity contribution in [1.82, 2.24) is 0 Å². The second-order valence-corrected chi connectivity index (χ2v) is 2.28. The average molecular weight is 110 g/mol. The summed E-state index contributed by atoms with van der Waals surface area (Å²) in [5.74, 6) is 0.660. The molecule has 0 radical (unpaired) electrons. The minimum Gasteiger partial charge on any atom is -0.299 e. The van der Waals surface area contributed by atoms with Gasteiger partial charge < -0.3 is 0 Å². The van der Waals surface area contributed by atoms with E-state index in [1.54, 1.807) is 0 Å². The summed E-state index contributed by atoms with van der Waals surface area (Å²) in [5.41, 5.74) is 0. The van der Waals surface area contributed by atoms with Crippen LogP contribution in [0, 0.1) is 5.92 Å². The second kappa shape index (κ2) is 2.12. The summed E-state index contributed by atoms with van der Waals surface area (Å²) < 4.78 is 0. The van der Waals surface area contributed by atoms with Gasteiger partial charge in [0, 0.05) is 12.3 Å². The Balaban J connectivity index is 2.57. The van der Waals surface area contributed by atoms with Crippen molar-refractivity contribution in [2.75, 3.05) is 0 Å². The summed E-state index contributed by atoms with van der Waals surface area (Å²) in [6.45, 7) is 1.98. The van der Waals surface area contributed by atoms with Crippen molar-refractivity contribution in [2.24, 2.45) is 5.92 Å². The Morgan fingerprint density at radius 1 is 1.62 bits per heavy atom. The van der Waals surface area contributed by atoms with Gasteiger partial charge in [0.15, 0.2) is 0 Å². The third-order valence-corrected chi connectivity index (χ3v) is 1.52. The average Bonchev–Trinajstić information content (AvgIpc) is 1.77. The molecule has 1 rings (SSSR count). The summed E-state index contributed by atoms with van der Waals surface area (Å²) in [5, 5.41) is 0. The molecule has 0 N–H and O–H groups in total. The fourth-order valence-corrected chi connectivity index (χ4v) is 0.832. The number of hydrogen-bond donors (Lipinski definition) is 0. The molecule has 0 spiro atoms. The summed E-state index contributed by atoms with van der Waals surface area (Å²) in [7, 11) is 0. The monoisotopic (exact) mass is 110 g/mol. The van der Waals surface area contributed by atoms with E-state index in [-0.39, 0.29) is 5.92 Å². The number of Topliss-reactive ketones (excluding diaryl/α,β-unsaturated/α-hetero) is 1. The number of carbonyl (C=O) groups is 1. The van der Waals surface area contributed by atoms with Crippen LogP contribution in [0.2, 0.25) is 0 Å². The third kappa shape index (κ3) is 0.971. The molecule has 1 heteroatoms. The maximum atomic E-state index is 10.7. The van der Waals surface area contributed by atoms with Crippen LogP contribution in [0.25, 0.3) is 0 Å². The molecular formula is C7H10O. The van der Waals surface area contributed by atoms with E-state index in [0.29, 0.717) is 12.2 Å². The highest BCUT2D eigenvalue weighted by molar-refractivity contribution is 5.83. The van der Waals surface area contributed by atoms with Crippen molar-refractivity contribution in [3.8, 4) is 0 Å². The molecule has 0 aliphatic heterocycles. The molecule has 1 unspecified atom stereocenters. The van der Waals surface area contributed by atoms with Crippen LogP contribution in [0.15, 0.2) is 12.2 Å². The molecule has 1 aliphatic carbocycles. The lowest BCUT2D eigenvalue weighted by Crippen LogP contribution is -2.11. The minimum atomic E-state index is 0.278. The Labute approximate surface area is 49.4 Å². The first kappa shape index (κ1) is 5.54. The van der Waals surface area contributed by atoms with Crippen LogP contribution >= 0.6 is 0 Å². The first-order chi connectivity index (χ1) is 3.80. The van der Waals surface area contributed by atoms with Crippen LogP contribution in [0.3, 0.4) is 0 Å². The minimum absolute atomic E-state index is 0.278. The van der Waals surface area contributed by atoms with Crippen LogP contribution in [-0.2, 0) is 4.79 Å². The van der Waals surface area contributed by atoms with Crippen molar-refractivity contribution < 1.29 is 4.79 Å². The standard InChI is InChI=1S/C7H10O/c1-6-4-2-3-5-7(6)8/h2-3,6H,4-5H2,1H3. The van der Waals surface area contributed by atoms with Gasteiger partial charge in [-0.15, -0.1) is 0 Å². The van der Waals surface area contributed by atoms with Gasteiger partial charge in [-0.1, -0.05) is 19.1 Å². The molecule has 0 aromatic heterocycles. The Bertz CT molecular complexity index is 124. The number of hydrogen-bond acceptors (Lipinski definition) is 1. The van der Waals surface area contributed by atoms with Gasteiger partial charge in [-0.25, -0.2) is 0 Å². The van der Waals surface area contributed by atoms with Crippen LogP contribution in [-0.4, -0.2) is 5.78 Å². The molecule has 8 heavy (non-hydrogen) atoms. The number of allylic oxidation sites excluding steroid dienone is 2. The zero-order valence-corrected chi connectivity index (χ0v) is 5.05. The van der Waals surface area contributed by atoms with Gasteiger partial charge >= 0.3 is 0 Å².